The normalized spacial score (nSPS) is 23.3. The molecule has 1 saturated heterocycles. The van der Waals surface area contributed by atoms with Gasteiger partial charge in [-0.05, 0) is 30.5 Å². The molecule has 7 heteroatoms. The van der Waals surface area contributed by atoms with Gasteiger partial charge in [-0.15, -0.1) is 10.2 Å². The van der Waals surface area contributed by atoms with Crippen LogP contribution in [-0.4, -0.2) is 56.3 Å². The number of benzene rings is 1. The highest BCUT2D eigenvalue weighted by Crippen LogP contribution is 2.28. The summed E-state index contributed by atoms with van der Waals surface area (Å²) >= 11 is 0. The number of amides is 1. The van der Waals surface area contributed by atoms with Crippen molar-refractivity contribution < 1.29 is 9.53 Å². The molecule has 0 unspecified atom stereocenters. The van der Waals surface area contributed by atoms with Crippen molar-refractivity contribution in [3.8, 4) is 11.4 Å². The van der Waals surface area contributed by atoms with Crippen molar-refractivity contribution in [3.63, 3.8) is 0 Å². The van der Waals surface area contributed by atoms with Gasteiger partial charge in [-0.1, -0.05) is 37.1 Å². The largest absolute Gasteiger partial charge is 0.374 e. The molecule has 1 aliphatic carbocycles. The quantitative estimate of drug-likeness (QED) is 0.851. The van der Waals surface area contributed by atoms with E-state index in [2.05, 4.69) is 15.4 Å². The van der Waals surface area contributed by atoms with Gasteiger partial charge in [0.05, 0.1) is 18.8 Å². The Kier molecular flexibility index (Phi) is 4.48. The van der Waals surface area contributed by atoms with Crippen LogP contribution in [0.1, 0.15) is 31.2 Å². The van der Waals surface area contributed by atoms with Crippen LogP contribution in [0.25, 0.3) is 11.4 Å². The first-order valence-corrected chi connectivity index (χ1v) is 8.97. The SMILES string of the molecule is Cc1ccccc1-c1nnn(CC(=O)N2CCO[C@H]3CCCC[C@@H]32)n1. The molecule has 25 heavy (non-hydrogen) atoms. The Morgan fingerprint density at radius 3 is 3.00 bits per heavy atom. The first-order chi connectivity index (χ1) is 12.2. The second-order valence-corrected chi connectivity index (χ2v) is 6.81. The summed E-state index contributed by atoms with van der Waals surface area (Å²) in [5, 5.41) is 12.6. The molecule has 0 radical (unpaired) electrons. The van der Waals surface area contributed by atoms with Gasteiger partial charge in [-0.25, -0.2) is 0 Å². The predicted octanol–water partition coefficient (Wildman–Crippen LogP) is 1.82. The molecule has 132 valence electrons. The van der Waals surface area contributed by atoms with Crippen LogP contribution in [0.5, 0.6) is 0 Å². The zero-order valence-electron chi connectivity index (χ0n) is 14.5. The minimum Gasteiger partial charge on any atom is -0.374 e. The lowest BCUT2D eigenvalue weighted by atomic mass is 9.90. The van der Waals surface area contributed by atoms with Gasteiger partial charge in [0.15, 0.2) is 0 Å². The number of morpholine rings is 1. The summed E-state index contributed by atoms with van der Waals surface area (Å²) in [6.07, 6.45) is 4.61. The first kappa shape index (κ1) is 16.2. The third-order valence-electron chi connectivity index (χ3n) is 5.17. The molecule has 2 aliphatic rings. The molecule has 2 atom stereocenters. The van der Waals surface area contributed by atoms with Crippen LogP contribution in [0.3, 0.4) is 0 Å². The molecule has 0 N–H and O–H groups in total. The number of fused-ring (bicyclic) bond motifs is 1. The maximum absolute atomic E-state index is 12.8. The molecule has 0 bridgehead atoms. The van der Waals surface area contributed by atoms with Crippen molar-refractivity contribution in [2.75, 3.05) is 13.2 Å². The van der Waals surface area contributed by atoms with Gasteiger partial charge in [0.1, 0.15) is 6.54 Å². The molecule has 7 nitrogen and oxygen atoms in total. The van der Waals surface area contributed by atoms with Gasteiger partial charge in [0, 0.05) is 12.1 Å². The highest BCUT2D eigenvalue weighted by molar-refractivity contribution is 5.76. The molecule has 1 saturated carbocycles. The van der Waals surface area contributed by atoms with Crippen molar-refractivity contribution in [2.45, 2.75) is 51.3 Å². The lowest BCUT2D eigenvalue weighted by Crippen LogP contribution is -2.55. The molecule has 1 aromatic carbocycles. The Morgan fingerprint density at radius 2 is 2.12 bits per heavy atom. The van der Waals surface area contributed by atoms with Crippen LogP contribution in [0, 0.1) is 6.92 Å². The lowest BCUT2D eigenvalue weighted by molar-refractivity contribution is -0.150. The van der Waals surface area contributed by atoms with Crippen LogP contribution < -0.4 is 0 Å². The van der Waals surface area contributed by atoms with E-state index in [0.717, 1.165) is 30.4 Å². The third kappa shape index (κ3) is 3.28. The number of aromatic nitrogens is 4. The Morgan fingerprint density at radius 1 is 1.28 bits per heavy atom. The zero-order chi connectivity index (χ0) is 17.2. The summed E-state index contributed by atoms with van der Waals surface area (Å²) < 4.78 is 5.84. The van der Waals surface area contributed by atoms with Crippen molar-refractivity contribution in [3.05, 3.63) is 29.8 Å². The maximum Gasteiger partial charge on any atom is 0.246 e. The van der Waals surface area contributed by atoms with E-state index in [4.69, 9.17) is 4.74 Å². The molecule has 1 aromatic heterocycles. The average molecular weight is 341 g/mol. The minimum absolute atomic E-state index is 0.0499. The lowest BCUT2D eigenvalue weighted by Gasteiger charge is -2.43. The topological polar surface area (TPSA) is 73.1 Å². The van der Waals surface area contributed by atoms with E-state index in [9.17, 15) is 4.79 Å². The highest BCUT2D eigenvalue weighted by atomic mass is 16.5. The van der Waals surface area contributed by atoms with E-state index in [1.807, 2.05) is 36.1 Å². The van der Waals surface area contributed by atoms with E-state index in [0.29, 0.717) is 19.0 Å². The first-order valence-electron chi connectivity index (χ1n) is 8.97. The Bertz CT molecular complexity index is 757. The Labute approximate surface area is 147 Å². The average Bonchev–Trinajstić information content (AvgIpc) is 3.09. The van der Waals surface area contributed by atoms with E-state index >= 15 is 0 Å². The van der Waals surface area contributed by atoms with Crippen molar-refractivity contribution in [2.24, 2.45) is 0 Å². The van der Waals surface area contributed by atoms with Gasteiger partial charge in [-0.2, -0.15) is 4.80 Å². The van der Waals surface area contributed by atoms with Crippen LogP contribution in [0.15, 0.2) is 24.3 Å². The Balaban J connectivity index is 1.47. The number of nitrogens with zero attached hydrogens (tertiary/aromatic N) is 5. The second-order valence-electron chi connectivity index (χ2n) is 6.81. The number of hydrogen-bond donors (Lipinski definition) is 0. The van der Waals surface area contributed by atoms with Gasteiger partial charge in [0.2, 0.25) is 11.7 Å². The molecule has 2 heterocycles. The van der Waals surface area contributed by atoms with Crippen LogP contribution in [0.2, 0.25) is 0 Å². The molecular weight excluding hydrogens is 318 g/mol. The molecule has 2 fully saturated rings. The molecular formula is C18H23N5O2. The van der Waals surface area contributed by atoms with E-state index in [-0.39, 0.29) is 24.6 Å². The summed E-state index contributed by atoms with van der Waals surface area (Å²) in [6.45, 7) is 3.41. The monoisotopic (exact) mass is 341 g/mol. The number of carbonyl (C=O) groups is 1. The van der Waals surface area contributed by atoms with Crippen LogP contribution in [-0.2, 0) is 16.1 Å². The summed E-state index contributed by atoms with van der Waals surface area (Å²) in [6, 6.07) is 8.11. The third-order valence-corrected chi connectivity index (χ3v) is 5.17. The summed E-state index contributed by atoms with van der Waals surface area (Å²) in [4.78, 5) is 16.1. The molecule has 0 spiro atoms. The maximum atomic E-state index is 12.8. The number of tetrazole rings is 1. The predicted molar refractivity (Wildman–Crippen MR) is 91.7 cm³/mol. The number of aryl methyl sites for hydroxylation is 1. The van der Waals surface area contributed by atoms with E-state index in [1.165, 1.54) is 11.2 Å². The van der Waals surface area contributed by atoms with E-state index < -0.39 is 0 Å². The second kappa shape index (κ2) is 6.92. The highest BCUT2D eigenvalue weighted by Gasteiger charge is 2.36. The zero-order valence-corrected chi connectivity index (χ0v) is 14.5. The Hall–Kier alpha value is -2.28. The number of hydrogen-bond acceptors (Lipinski definition) is 5. The van der Waals surface area contributed by atoms with Crippen LogP contribution in [0.4, 0.5) is 0 Å². The van der Waals surface area contributed by atoms with E-state index in [1.54, 1.807) is 0 Å². The fourth-order valence-corrected chi connectivity index (χ4v) is 3.86. The van der Waals surface area contributed by atoms with Gasteiger partial charge in [-0.3, -0.25) is 4.79 Å². The number of rotatable bonds is 3. The fraction of sp³-hybridized carbons (Fsp3) is 0.556. The smallest absolute Gasteiger partial charge is 0.246 e. The molecule has 4 rings (SSSR count). The standard InChI is InChI=1S/C18H23N5O2/c1-13-6-2-3-7-14(13)18-19-21-23(20-18)12-17(24)22-10-11-25-16-9-5-4-8-15(16)22/h2-3,6-7,15-16H,4-5,8-12H2,1H3/t15-,16-/m0/s1. The van der Waals surface area contributed by atoms with Gasteiger partial charge in [0.25, 0.3) is 0 Å². The van der Waals surface area contributed by atoms with Crippen molar-refractivity contribution >= 4 is 5.91 Å². The number of ether oxygens (including phenoxy) is 1. The summed E-state index contributed by atoms with van der Waals surface area (Å²) in [5.74, 6) is 0.609. The molecule has 1 aliphatic heterocycles. The van der Waals surface area contributed by atoms with Crippen molar-refractivity contribution in [1.29, 1.82) is 0 Å². The molecule has 2 aromatic rings. The van der Waals surface area contributed by atoms with Crippen molar-refractivity contribution in [1.82, 2.24) is 25.1 Å². The summed E-state index contributed by atoms with van der Waals surface area (Å²) in [7, 11) is 0. The number of carbonyl (C=O) groups excluding carboxylic acids is 1. The van der Waals surface area contributed by atoms with Gasteiger partial charge < -0.3 is 9.64 Å². The minimum atomic E-state index is 0.0499. The molecule has 1 amide bonds. The van der Waals surface area contributed by atoms with Crippen LogP contribution >= 0.6 is 0 Å². The fourth-order valence-electron chi connectivity index (χ4n) is 3.86. The van der Waals surface area contributed by atoms with Gasteiger partial charge >= 0.3 is 0 Å². The summed E-state index contributed by atoms with van der Waals surface area (Å²) in [5.41, 5.74) is 2.03.